The fourth-order valence-corrected chi connectivity index (χ4v) is 5.69. The number of amides is 1. The van der Waals surface area contributed by atoms with Gasteiger partial charge in [0.05, 0.1) is 17.0 Å². The Morgan fingerprint density at radius 1 is 1.46 bits per heavy atom. The molecule has 10 nitrogen and oxygen atoms in total. The van der Waals surface area contributed by atoms with Crippen LogP contribution in [0.25, 0.3) is 0 Å². The second-order valence-corrected chi connectivity index (χ2v) is 8.63. The largest absolute Gasteiger partial charge is 0.479 e. The summed E-state index contributed by atoms with van der Waals surface area (Å²) in [6, 6.07) is -0.820. The molecule has 6 N–H and O–H groups in total. The quantitative estimate of drug-likeness (QED) is 0.441. The summed E-state index contributed by atoms with van der Waals surface area (Å²) in [5, 5.41) is 11.1. The van der Waals surface area contributed by atoms with Crippen molar-refractivity contribution in [1.29, 1.82) is 0 Å². The maximum absolute atomic E-state index is 12.0. The molecule has 1 amide bonds. The molecule has 2 aliphatic rings. The summed E-state index contributed by atoms with van der Waals surface area (Å²) in [5.41, 5.74) is 4.00. The van der Waals surface area contributed by atoms with Crippen molar-refractivity contribution in [1.82, 2.24) is 5.32 Å². The van der Waals surface area contributed by atoms with Gasteiger partial charge in [-0.3, -0.25) is 4.79 Å². The van der Waals surface area contributed by atoms with E-state index in [1.165, 1.54) is 11.8 Å². The van der Waals surface area contributed by atoms with Gasteiger partial charge < -0.3 is 21.6 Å². The number of hydrogen-bond donors (Lipinski definition) is 3. The smallest absolute Gasteiger partial charge is 0.373 e. The van der Waals surface area contributed by atoms with Gasteiger partial charge in [0.2, 0.25) is 5.91 Å². The van der Waals surface area contributed by atoms with Crippen molar-refractivity contribution < 1.29 is 38.2 Å². The van der Waals surface area contributed by atoms with Crippen molar-refractivity contribution in [2.24, 2.45) is 11.7 Å². The first-order valence-corrected chi connectivity index (χ1v) is 9.78. The Bertz CT molecular complexity index is 617. The highest BCUT2D eigenvalue weighted by atomic mass is 32.2. The van der Waals surface area contributed by atoms with Gasteiger partial charge in [0.1, 0.15) is 0 Å². The van der Waals surface area contributed by atoms with E-state index in [2.05, 4.69) is 5.32 Å². The second-order valence-electron chi connectivity index (χ2n) is 5.42. The van der Waals surface area contributed by atoms with E-state index in [1.807, 2.05) is 6.26 Å². The van der Waals surface area contributed by atoms with Gasteiger partial charge in [-0.15, -0.1) is 0 Å². The molecule has 2 fully saturated rings. The van der Waals surface area contributed by atoms with Gasteiger partial charge >= 0.3 is 12.1 Å². The number of aliphatic carboxylic acids is 1. The van der Waals surface area contributed by atoms with Crippen LogP contribution in [-0.4, -0.2) is 71.6 Å². The fourth-order valence-electron chi connectivity index (χ4n) is 2.71. The normalized spacial score (nSPS) is 29.6. The molecule has 0 spiro atoms. The third-order valence-electron chi connectivity index (χ3n) is 3.95. The van der Waals surface area contributed by atoms with Gasteiger partial charge in [0.15, 0.2) is 15.4 Å². The Labute approximate surface area is 142 Å². The minimum atomic E-state index is -3.43. The number of sulfone groups is 1. The molecule has 1 saturated heterocycles. The van der Waals surface area contributed by atoms with E-state index in [9.17, 15) is 23.1 Å². The molecular weight excluding hydrogens is 364 g/mol. The first-order valence-electron chi connectivity index (χ1n) is 6.67. The Morgan fingerprint density at radius 3 is 2.33 bits per heavy atom. The highest BCUT2D eigenvalue weighted by molar-refractivity contribution is 7.98. The van der Waals surface area contributed by atoms with E-state index in [4.69, 9.17) is 15.3 Å². The summed E-state index contributed by atoms with van der Waals surface area (Å²) in [7, 11) is -3.43. The van der Waals surface area contributed by atoms with Crippen molar-refractivity contribution in [3.63, 3.8) is 0 Å². The van der Waals surface area contributed by atoms with E-state index in [1.54, 1.807) is 0 Å². The van der Waals surface area contributed by atoms with Crippen LogP contribution < -0.4 is 11.1 Å². The number of rotatable bonds is 6. The minimum absolute atomic E-state index is 0. The molecule has 4 atom stereocenters. The zero-order chi connectivity index (χ0) is 17.8. The molecule has 0 aromatic heterocycles. The van der Waals surface area contributed by atoms with E-state index >= 15 is 0 Å². The molecule has 1 aliphatic heterocycles. The molecule has 138 valence electrons. The van der Waals surface area contributed by atoms with Crippen LogP contribution in [0.15, 0.2) is 0 Å². The van der Waals surface area contributed by atoms with Crippen LogP contribution in [0.3, 0.4) is 0 Å². The minimum Gasteiger partial charge on any atom is -0.479 e. The average molecular weight is 384 g/mol. The van der Waals surface area contributed by atoms with Gasteiger partial charge in [-0.05, 0) is 24.9 Å². The number of carbonyl (C=O) groups excluding carboxylic acids is 3. The van der Waals surface area contributed by atoms with Crippen molar-refractivity contribution >= 4 is 39.6 Å². The summed E-state index contributed by atoms with van der Waals surface area (Å²) in [5.74, 6) is -2.27. The number of carboxylic acids is 1. The summed E-state index contributed by atoms with van der Waals surface area (Å²) in [4.78, 5) is 39.7. The second kappa shape index (κ2) is 8.58. The molecular formula is C12H20N2O8S2. The maximum atomic E-state index is 12.0. The standard InChI is InChI=1S/C11H18N2O5S2.CO2.H2O/c1-19-3-2-7(12)9(14)13-11(10(15)16)5-20(17,18)8-4-6(8)11;2-1-3;/h6-8H,2-5,12H2,1H3,(H,13,14)(H,15,16);;1H2/t6-,7-,8+,11+;;/m1../s1. The zero-order valence-corrected chi connectivity index (χ0v) is 14.5. The Kier molecular flexibility index (Phi) is 8.06. The Hall–Kier alpha value is -1.46. The highest BCUT2D eigenvalue weighted by Gasteiger charge is 2.70. The van der Waals surface area contributed by atoms with E-state index in [0.29, 0.717) is 18.6 Å². The predicted octanol–water partition coefficient (Wildman–Crippen LogP) is -2.58. The molecule has 2 rings (SSSR count). The van der Waals surface area contributed by atoms with Gasteiger partial charge in [-0.25, -0.2) is 13.2 Å². The monoisotopic (exact) mass is 384 g/mol. The number of fused-ring (bicyclic) bond motifs is 1. The molecule has 1 aliphatic carbocycles. The zero-order valence-electron chi connectivity index (χ0n) is 12.9. The summed E-state index contributed by atoms with van der Waals surface area (Å²) in [6.45, 7) is 0. The van der Waals surface area contributed by atoms with Crippen molar-refractivity contribution in [3.8, 4) is 0 Å². The molecule has 0 radical (unpaired) electrons. The lowest BCUT2D eigenvalue weighted by molar-refractivity contribution is -0.191. The number of nitrogens with one attached hydrogen (secondary N) is 1. The maximum Gasteiger partial charge on any atom is 0.373 e. The molecule has 24 heavy (non-hydrogen) atoms. The summed E-state index contributed by atoms with van der Waals surface area (Å²) < 4.78 is 23.6. The lowest BCUT2D eigenvalue weighted by Crippen LogP contribution is -2.61. The molecule has 12 heteroatoms. The Balaban J connectivity index is 0.00000123. The van der Waals surface area contributed by atoms with Gasteiger partial charge in [0, 0.05) is 5.92 Å². The van der Waals surface area contributed by atoms with E-state index in [0.717, 1.165) is 0 Å². The lowest BCUT2D eigenvalue weighted by Gasteiger charge is -2.28. The van der Waals surface area contributed by atoms with Crippen LogP contribution >= 0.6 is 11.8 Å². The van der Waals surface area contributed by atoms with E-state index < -0.39 is 50.2 Å². The topological polar surface area (TPSA) is 192 Å². The number of thioether (sulfide) groups is 1. The van der Waals surface area contributed by atoms with Crippen LogP contribution in [-0.2, 0) is 29.0 Å². The molecule has 1 saturated carbocycles. The van der Waals surface area contributed by atoms with Crippen molar-refractivity contribution in [2.75, 3.05) is 17.8 Å². The molecule has 1 heterocycles. The van der Waals surface area contributed by atoms with Crippen molar-refractivity contribution in [3.05, 3.63) is 0 Å². The number of hydrogen-bond acceptors (Lipinski definition) is 8. The van der Waals surface area contributed by atoms with Gasteiger partial charge in [-0.2, -0.15) is 21.4 Å². The lowest BCUT2D eigenvalue weighted by atomic mass is 9.95. The van der Waals surface area contributed by atoms with Gasteiger partial charge in [0.25, 0.3) is 0 Å². The average Bonchev–Trinajstić information content (AvgIpc) is 3.22. The van der Waals surface area contributed by atoms with E-state index in [-0.39, 0.29) is 11.6 Å². The first-order chi connectivity index (χ1) is 10.7. The van der Waals surface area contributed by atoms with Crippen molar-refractivity contribution in [2.45, 2.75) is 29.7 Å². The van der Waals surface area contributed by atoms with Crippen LogP contribution in [0.4, 0.5) is 0 Å². The molecule has 0 unspecified atom stereocenters. The summed E-state index contributed by atoms with van der Waals surface area (Å²) in [6.07, 6.45) is 2.85. The van der Waals surface area contributed by atoms with Crippen LogP contribution in [0.1, 0.15) is 12.8 Å². The number of carbonyl (C=O) groups is 2. The van der Waals surface area contributed by atoms with Crippen LogP contribution in [0.5, 0.6) is 0 Å². The molecule has 0 aromatic rings. The molecule has 0 aromatic carbocycles. The predicted molar refractivity (Wildman–Crippen MR) is 83.8 cm³/mol. The fraction of sp³-hybridized carbons (Fsp3) is 0.750. The SMILES string of the molecule is CSCC[C@@H](N)C(=O)N[C@@]1(C(=O)O)CS(=O)(=O)[C@H]2C[C@H]21.O.O=C=O. The molecule has 0 bridgehead atoms. The van der Waals surface area contributed by atoms with Gasteiger partial charge in [-0.1, -0.05) is 0 Å². The summed E-state index contributed by atoms with van der Waals surface area (Å²) >= 11 is 1.53. The highest BCUT2D eigenvalue weighted by Crippen LogP contribution is 2.52. The number of nitrogens with two attached hydrogens (primary N) is 1. The van der Waals surface area contributed by atoms with Crippen LogP contribution in [0, 0.1) is 5.92 Å². The third-order valence-corrected chi connectivity index (χ3v) is 6.90. The first kappa shape index (κ1) is 22.5. The number of carboxylic acid groups (broad SMARTS) is 1. The Morgan fingerprint density at radius 2 is 2.00 bits per heavy atom. The van der Waals surface area contributed by atoms with Crippen LogP contribution in [0.2, 0.25) is 0 Å². The third kappa shape index (κ3) is 4.54.